The van der Waals surface area contributed by atoms with Gasteiger partial charge >= 0.3 is 29.8 Å². The van der Waals surface area contributed by atoms with Crippen molar-refractivity contribution in [2.24, 2.45) is 35.0 Å². The molecule has 0 amide bonds. The Morgan fingerprint density at radius 1 is 0.940 bits per heavy atom. The lowest BCUT2D eigenvalue weighted by Gasteiger charge is -2.53. The van der Waals surface area contributed by atoms with Gasteiger partial charge in [0.05, 0.1) is 28.4 Å². The van der Waals surface area contributed by atoms with E-state index >= 15 is 4.79 Å². The van der Waals surface area contributed by atoms with Gasteiger partial charge in [0.25, 0.3) is 0 Å². The highest BCUT2D eigenvalue weighted by atomic mass is 16.6. The van der Waals surface area contributed by atoms with E-state index in [-0.39, 0.29) is 18.4 Å². The average molecular weight is 697 g/mol. The molecular weight excluding hydrogens is 648 g/mol. The summed E-state index contributed by atoms with van der Waals surface area (Å²) in [5.74, 6) is -8.12. The van der Waals surface area contributed by atoms with Crippen molar-refractivity contribution in [2.45, 2.75) is 110 Å². The van der Waals surface area contributed by atoms with Gasteiger partial charge in [0.1, 0.15) is 30.5 Å². The topological polar surface area (TPSA) is 158 Å². The molecule has 0 aromatic heterocycles. The maximum absolute atomic E-state index is 15.5. The van der Waals surface area contributed by atoms with Gasteiger partial charge in [-0.05, 0) is 44.9 Å². The van der Waals surface area contributed by atoms with Crippen LogP contribution in [0.1, 0.15) is 85.5 Å². The van der Waals surface area contributed by atoms with Crippen molar-refractivity contribution in [3.63, 3.8) is 0 Å². The van der Waals surface area contributed by atoms with E-state index in [1.165, 1.54) is 13.8 Å². The van der Waals surface area contributed by atoms with Crippen molar-refractivity contribution in [1.29, 1.82) is 0 Å². The lowest BCUT2D eigenvalue weighted by Crippen LogP contribution is -2.65. The first kappa shape index (κ1) is 37.2. The van der Waals surface area contributed by atoms with Crippen LogP contribution < -0.4 is 0 Å². The summed E-state index contributed by atoms with van der Waals surface area (Å²) in [5.41, 5.74) is -6.42. The van der Waals surface area contributed by atoms with E-state index in [0.29, 0.717) is 0 Å². The summed E-state index contributed by atoms with van der Waals surface area (Å²) in [5, 5.41) is 0. The molecule has 50 heavy (non-hydrogen) atoms. The number of carbonyl (C=O) groups is 6. The highest BCUT2D eigenvalue weighted by molar-refractivity contribution is 5.99. The molecule has 1 aliphatic heterocycles. The Morgan fingerprint density at radius 2 is 1.60 bits per heavy atom. The number of benzene rings is 1. The fourth-order valence-electron chi connectivity index (χ4n) is 9.20. The average Bonchev–Trinajstić information content (AvgIpc) is 3.42. The van der Waals surface area contributed by atoms with Crippen molar-refractivity contribution in [2.75, 3.05) is 6.61 Å². The number of Topliss-reactive ketones (excluding diaryl/α,β-unsaturated/α-hetero) is 1. The molecule has 0 radical (unpaired) electrons. The number of hydrogen-bond acceptors (Lipinski definition) is 12. The SMILES string of the molecule is CCC(=O)O[C@@H]1[C@@H]2[C@@H](OC(=O)c3ccccc3)[C@@]3(COC(=O)C(C)C)[C@H]4[C@H](C=C[C@H]3OC(C)=O)C(C)(C)O[C@]4(C)C(=O)[C@@]2(OC(C)=O)C[C@@H]1C. The van der Waals surface area contributed by atoms with Crippen molar-refractivity contribution < 1.29 is 57.2 Å². The highest BCUT2D eigenvalue weighted by Crippen LogP contribution is 2.67. The number of rotatable bonds is 9. The summed E-state index contributed by atoms with van der Waals surface area (Å²) in [7, 11) is 0. The summed E-state index contributed by atoms with van der Waals surface area (Å²) in [6.07, 6.45) is -0.525. The molecule has 5 rings (SSSR count). The van der Waals surface area contributed by atoms with Gasteiger partial charge in [-0.1, -0.05) is 52.0 Å². The number of esters is 5. The summed E-state index contributed by atoms with van der Waals surface area (Å²) in [6, 6.07) is 8.16. The number of carbonyl (C=O) groups excluding carboxylic acids is 6. The van der Waals surface area contributed by atoms with Crippen LogP contribution >= 0.6 is 0 Å². The van der Waals surface area contributed by atoms with Crippen molar-refractivity contribution >= 4 is 35.6 Å². The zero-order valence-corrected chi connectivity index (χ0v) is 30.2. The minimum Gasteiger partial charge on any atom is -0.465 e. The van der Waals surface area contributed by atoms with E-state index in [0.717, 1.165) is 0 Å². The zero-order chi connectivity index (χ0) is 37.0. The fourth-order valence-corrected chi connectivity index (χ4v) is 9.20. The molecule has 12 nitrogen and oxygen atoms in total. The Morgan fingerprint density at radius 3 is 2.18 bits per heavy atom. The van der Waals surface area contributed by atoms with Crippen LogP contribution in [0.15, 0.2) is 42.5 Å². The molecule has 1 heterocycles. The minimum absolute atomic E-state index is 0.00537. The second-order valence-corrected chi connectivity index (χ2v) is 15.1. The standard InChI is InChI=1S/C38H48O12/c1-10-27(41)47-29-21(4)18-38(49-23(6)40)28(29)31(48-33(43)24-14-12-11-13-15-24)37(19-45-32(42)20(2)3)26(46-22(5)39)17-16-25-30(37)36(9,34(38)44)50-35(25,7)8/h11-17,20-21,25-26,28-31H,10,18-19H2,1-9H3/t21-,25-,26+,28+,29-,30-,31+,36-,37+,38+/m0/s1. The van der Waals surface area contributed by atoms with Crippen LogP contribution in [0.2, 0.25) is 0 Å². The van der Waals surface area contributed by atoms with Crippen LogP contribution in [0, 0.1) is 35.0 Å². The molecule has 3 aliphatic carbocycles. The van der Waals surface area contributed by atoms with E-state index in [4.69, 9.17) is 28.4 Å². The van der Waals surface area contributed by atoms with E-state index in [1.807, 2.05) is 19.9 Å². The van der Waals surface area contributed by atoms with Gasteiger partial charge in [0, 0.05) is 38.5 Å². The van der Waals surface area contributed by atoms with E-state index in [9.17, 15) is 24.0 Å². The van der Waals surface area contributed by atoms with Crippen LogP contribution in [0.4, 0.5) is 0 Å². The molecule has 2 saturated carbocycles. The number of hydrogen-bond donors (Lipinski definition) is 0. The molecule has 1 saturated heterocycles. The number of ketones is 1. The zero-order valence-electron chi connectivity index (χ0n) is 30.2. The Labute approximate surface area is 292 Å². The third kappa shape index (κ3) is 5.92. The van der Waals surface area contributed by atoms with Crippen molar-refractivity contribution in [3.8, 4) is 0 Å². The predicted molar refractivity (Wildman–Crippen MR) is 176 cm³/mol. The van der Waals surface area contributed by atoms with Crippen molar-refractivity contribution in [3.05, 3.63) is 48.0 Å². The third-order valence-electron chi connectivity index (χ3n) is 11.0. The van der Waals surface area contributed by atoms with Gasteiger partial charge in [-0.15, -0.1) is 0 Å². The second-order valence-electron chi connectivity index (χ2n) is 15.1. The monoisotopic (exact) mass is 696 g/mol. The summed E-state index contributed by atoms with van der Waals surface area (Å²) in [4.78, 5) is 82.2. The molecule has 0 N–H and O–H groups in total. The van der Waals surface area contributed by atoms with Crippen LogP contribution in [0.25, 0.3) is 0 Å². The van der Waals surface area contributed by atoms with Gasteiger partial charge in [-0.25, -0.2) is 4.79 Å². The highest BCUT2D eigenvalue weighted by Gasteiger charge is 2.82. The van der Waals surface area contributed by atoms with Gasteiger partial charge in [-0.2, -0.15) is 0 Å². The quantitative estimate of drug-likeness (QED) is 0.202. The predicted octanol–water partition coefficient (Wildman–Crippen LogP) is 4.56. The van der Waals surface area contributed by atoms with E-state index < -0.39 is 112 Å². The Hall–Kier alpha value is -4.06. The first-order chi connectivity index (χ1) is 23.4. The second kappa shape index (κ2) is 13.2. The van der Waals surface area contributed by atoms with Crippen LogP contribution in [-0.4, -0.2) is 77.4 Å². The minimum atomic E-state index is -2.04. The lowest BCUT2D eigenvalue weighted by atomic mass is 9.54. The molecule has 12 heteroatoms. The van der Waals surface area contributed by atoms with E-state index in [1.54, 1.807) is 71.0 Å². The molecule has 1 aromatic carbocycles. The third-order valence-corrected chi connectivity index (χ3v) is 11.0. The van der Waals surface area contributed by atoms with Gasteiger partial charge in [0.2, 0.25) is 5.78 Å². The van der Waals surface area contributed by atoms with Gasteiger partial charge in [0.15, 0.2) is 5.60 Å². The number of fused-ring (bicyclic) bond motifs is 1. The summed E-state index contributed by atoms with van der Waals surface area (Å²) >= 11 is 0. The molecule has 0 spiro atoms. The molecular formula is C38H48O12. The normalized spacial score (nSPS) is 36.4. The smallest absolute Gasteiger partial charge is 0.338 e. The van der Waals surface area contributed by atoms with Crippen LogP contribution in [0.3, 0.4) is 0 Å². The van der Waals surface area contributed by atoms with Crippen LogP contribution in [-0.2, 0) is 52.4 Å². The molecule has 0 bridgehead atoms. The maximum atomic E-state index is 15.5. The summed E-state index contributed by atoms with van der Waals surface area (Å²) in [6.45, 7) is 13.8. The molecule has 0 unspecified atom stereocenters. The lowest BCUT2D eigenvalue weighted by molar-refractivity contribution is -0.208. The Bertz CT molecular complexity index is 1580. The summed E-state index contributed by atoms with van der Waals surface area (Å²) < 4.78 is 37.7. The van der Waals surface area contributed by atoms with Crippen LogP contribution in [0.5, 0.6) is 0 Å². The molecule has 272 valence electrons. The largest absolute Gasteiger partial charge is 0.465 e. The Kier molecular flexibility index (Phi) is 9.85. The van der Waals surface area contributed by atoms with E-state index in [2.05, 4.69) is 0 Å². The van der Waals surface area contributed by atoms with Gasteiger partial charge < -0.3 is 28.4 Å². The molecule has 10 atom stereocenters. The maximum Gasteiger partial charge on any atom is 0.338 e. The molecule has 1 aromatic rings. The van der Waals surface area contributed by atoms with Gasteiger partial charge in [-0.3, -0.25) is 24.0 Å². The molecule has 3 fully saturated rings. The fraction of sp³-hybridized carbons (Fsp3) is 0.632. The number of ether oxygens (including phenoxy) is 6. The first-order valence-corrected chi connectivity index (χ1v) is 17.3. The van der Waals surface area contributed by atoms with Crippen molar-refractivity contribution in [1.82, 2.24) is 0 Å². The first-order valence-electron chi connectivity index (χ1n) is 17.3. The Balaban J connectivity index is 1.92. The molecule has 4 aliphatic rings.